The number of sulfonamides is 1. The molecular weight excluding hydrogens is 575 g/mol. The number of ether oxygens (including phenoxy) is 1. The fourth-order valence-corrected chi connectivity index (χ4v) is 7.07. The third-order valence-corrected chi connectivity index (χ3v) is 10.4. The lowest BCUT2D eigenvalue weighted by atomic mass is 10.1. The molecule has 3 rings (SSSR count). The zero-order chi connectivity index (χ0) is 30.4. The average molecular weight is 615 g/mol. The number of benzene rings is 1. The maximum Gasteiger partial charge on any atom is 0.344 e. The molecule has 2 aromatic rings. The maximum absolute atomic E-state index is 13.6. The van der Waals surface area contributed by atoms with Crippen LogP contribution in [0.5, 0.6) is 5.75 Å². The number of aryl methyl sites for hydroxylation is 2. The van der Waals surface area contributed by atoms with E-state index in [1.807, 2.05) is 18.7 Å². The van der Waals surface area contributed by atoms with E-state index in [1.165, 1.54) is 41.4 Å². The first-order chi connectivity index (χ1) is 19.4. The zero-order valence-electron chi connectivity index (χ0n) is 24.1. The molecule has 0 spiro atoms. The quantitative estimate of drug-likeness (QED) is 0.300. The van der Waals surface area contributed by atoms with Gasteiger partial charge >= 0.3 is 7.60 Å². The topological polar surface area (TPSA) is 175 Å². The molecule has 0 radical (unpaired) electrons. The van der Waals surface area contributed by atoms with E-state index in [1.54, 1.807) is 7.05 Å². The summed E-state index contributed by atoms with van der Waals surface area (Å²) < 4.78 is 58.0. The number of hydrogen-bond donors (Lipinski definition) is 2. The fraction of sp³-hybridized carbons (Fsp3) is 0.560. The monoisotopic (exact) mass is 614 g/mol. The van der Waals surface area contributed by atoms with Crippen LogP contribution in [0.3, 0.4) is 0 Å². The lowest BCUT2D eigenvalue weighted by Gasteiger charge is -2.34. The van der Waals surface area contributed by atoms with Crippen LogP contribution in [0.2, 0.25) is 0 Å². The first-order valence-corrected chi connectivity index (χ1v) is 16.4. The largest absolute Gasteiger partial charge is 0.493 e. The number of nitrogens with one attached hydrogen (secondary N) is 1. The molecule has 2 heterocycles. The lowest BCUT2D eigenvalue weighted by molar-refractivity contribution is 0.0992. The van der Waals surface area contributed by atoms with Gasteiger partial charge in [0.2, 0.25) is 10.0 Å². The van der Waals surface area contributed by atoms with Crippen molar-refractivity contribution < 1.29 is 36.4 Å². The van der Waals surface area contributed by atoms with Crippen LogP contribution in [0.1, 0.15) is 53.2 Å². The van der Waals surface area contributed by atoms with Gasteiger partial charge < -0.3 is 24.8 Å². The molecule has 0 atom stereocenters. The summed E-state index contributed by atoms with van der Waals surface area (Å²) in [6, 6.07) is 4.12. The van der Waals surface area contributed by atoms with Crippen LogP contribution in [0.4, 0.5) is 5.69 Å². The van der Waals surface area contributed by atoms with Gasteiger partial charge in [-0.15, -0.1) is 0 Å². The first-order valence-electron chi connectivity index (χ1n) is 13.3. The van der Waals surface area contributed by atoms with E-state index in [0.29, 0.717) is 44.7 Å². The van der Waals surface area contributed by atoms with Crippen molar-refractivity contribution in [3.8, 4) is 5.75 Å². The predicted octanol–water partition coefficient (Wildman–Crippen LogP) is 2.26. The number of anilines is 1. The van der Waals surface area contributed by atoms with Crippen LogP contribution >= 0.6 is 7.60 Å². The van der Waals surface area contributed by atoms with Gasteiger partial charge in [-0.2, -0.15) is 9.40 Å². The highest BCUT2D eigenvalue weighted by Crippen LogP contribution is 2.46. The van der Waals surface area contributed by atoms with E-state index in [0.717, 1.165) is 0 Å². The predicted molar refractivity (Wildman–Crippen MR) is 153 cm³/mol. The molecule has 2 amide bonds. The Morgan fingerprint density at radius 2 is 1.76 bits per heavy atom. The third kappa shape index (κ3) is 7.53. The summed E-state index contributed by atoms with van der Waals surface area (Å²) >= 11 is 0. The Bertz CT molecular complexity index is 1400. The molecule has 1 saturated heterocycles. The summed E-state index contributed by atoms with van der Waals surface area (Å²) in [5.74, 6) is -1.23. The molecule has 228 valence electrons. The highest BCUT2D eigenvalue weighted by atomic mass is 32.2. The first kappa shape index (κ1) is 32.7. The summed E-state index contributed by atoms with van der Waals surface area (Å²) in [5, 5.41) is 7.06. The second-order valence-corrected chi connectivity index (χ2v) is 13.7. The second kappa shape index (κ2) is 13.9. The van der Waals surface area contributed by atoms with Crippen molar-refractivity contribution in [1.29, 1.82) is 0 Å². The Morgan fingerprint density at radius 1 is 1.10 bits per heavy atom. The van der Waals surface area contributed by atoms with Gasteiger partial charge in [0.25, 0.3) is 11.8 Å². The highest BCUT2D eigenvalue weighted by molar-refractivity contribution is 7.89. The molecule has 1 aromatic carbocycles. The number of rotatable bonds is 14. The maximum atomic E-state index is 13.6. The zero-order valence-corrected chi connectivity index (χ0v) is 25.8. The lowest BCUT2D eigenvalue weighted by Crippen LogP contribution is -2.48. The van der Waals surface area contributed by atoms with Gasteiger partial charge in [0.05, 0.1) is 28.4 Å². The van der Waals surface area contributed by atoms with Crippen molar-refractivity contribution in [1.82, 2.24) is 19.0 Å². The third-order valence-electron chi connectivity index (χ3n) is 6.63. The van der Waals surface area contributed by atoms with Gasteiger partial charge in [-0.1, -0.05) is 20.3 Å². The number of hydrogen-bond acceptors (Lipinski definition) is 10. The van der Waals surface area contributed by atoms with Gasteiger partial charge in [0, 0.05) is 47.4 Å². The summed E-state index contributed by atoms with van der Waals surface area (Å²) in [4.78, 5) is 27.5. The summed E-state index contributed by atoms with van der Waals surface area (Å²) in [6.45, 7) is 5.07. The number of carbonyl (C=O) groups excluding carboxylic acids is 2. The molecule has 14 nitrogen and oxygen atoms in total. The Labute approximate surface area is 240 Å². The Morgan fingerprint density at radius 3 is 2.32 bits per heavy atom. The molecule has 0 saturated carbocycles. The van der Waals surface area contributed by atoms with Crippen molar-refractivity contribution in [3.05, 3.63) is 35.2 Å². The molecule has 3 N–H and O–H groups in total. The normalized spacial score (nSPS) is 15.1. The number of aromatic nitrogens is 2. The second-order valence-electron chi connectivity index (χ2n) is 9.51. The van der Waals surface area contributed by atoms with Crippen LogP contribution in [0, 0.1) is 0 Å². The SMILES string of the molecule is CCCOc1ccc(S(=O)(=O)N2CCN(CP(=O)(OC)OC)CC2)cc1C(=O)Nc1c(CCC)nn(C)c1C(N)=O. The molecule has 41 heavy (non-hydrogen) atoms. The highest BCUT2D eigenvalue weighted by Gasteiger charge is 2.33. The van der Waals surface area contributed by atoms with Crippen molar-refractivity contribution in [3.63, 3.8) is 0 Å². The van der Waals surface area contributed by atoms with Crippen LogP contribution < -0.4 is 15.8 Å². The molecule has 0 aliphatic carbocycles. The number of nitrogens with zero attached hydrogens (tertiary/aromatic N) is 4. The smallest absolute Gasteiger partial charge is 0.344 e. The van der Waals surface area contributed by atoms with E-state index in [-0.39, 0.29) is 47.0 Å². The molecule has 16 heteroatoms. The minimum absolute atomic E-state index is 0.0130. The van der Waals surface area contributed by atoms with Gasteiger partial charge in [-0.3, -0.25) is 23.7 Å². The van der Waals surface area contributed by atoms with Gasteiger partial charge in [-0.05, 0) is 31.0 Å². The number of nitrogens with two attached hydrogens (primary N) is 1. The molecule has 1 aromatic heterocycles. The number of carbonyl (C=O) groups is 2. The minimum Gasteiger partial charge on any atom is -0.493 e. The van der Waals surface area contributed by atoms with Crippen LogP contribution in [-0.4, -0.2) is 92.5 Å². The molecule has 1 aliphatic heterocycles. The fourth-order valence-electron chi connectivity index (χ4n) is 4.47. The van der Waals surface area contributed by atoms with Crippen molar-refractivity contribution >= 4 is 35.1 Å². The van der Waals surface area contributed by atoms with Gasteiger partial charge in [0.1, 0.15) is 17.7 Å². The van der Waals surface area contributed by atoms with E-state index in [4.69, 9.17) is 19.5 Å². The van der Waals surface area contributed by atoms with Crippen LogP contribution in [0.15, 0.2) is 23.1 Å². The Hall–Kier alpha value is -2.81. The minimum atomic E-state index is -3.99. The van der Waals surface area contributed by atoms with Crippen LogP contribution in [-0.2, 0) is 37.1 Å². The average Bonchev–Trinajstić information content (AvgIpc) is 3.26. The number of primary amides is 1. The Balaban J connectivity index is 1.91. The number of amides is 2. The Kier molecular flexibility index (Phi) is 11.1. The molecule has 0 bridgehead atoms. The van der Waals surface area contributed by atoms with E-state index in [9.17, 15) is 22.6 Å². The number of piperazine rings is 1. The van der Waals surface area contributed by atoms with E-state index < -0.39 is 29.4 Å². The van der Waals surface area contributed by atoms with E-state index in [2.05, 4.69) is 10.4 Å². The van der Waals surface area contributed by atoms with Crippen molar-refractivity contribution in [2.45, 2.75) is 38.0 Å². The molecule has 0 unspecified atom stereocenters. The molecule has 1 fully saturated rings. The van der Waals surface area contributed by atoms with E-state index >= 15 is 0 Å². The summed E-state index contributed by atoms with van der Waals surface area (Å²) in [6.07, 6.45) is 1.90. The van der Waals surface area contributed by atoms with Crippen LogP contribution in [0.25, 0.3) is 0 Å². The standard InChI is InChI=1S/C25H39N6O8PS/c1-6-8-20-22(23(24(26)32)29(3)28-20)27-25(33)19-16-18(9-10-21(19)39-15-7-2)41(35,36)31-13-11-30(12-14-31)17-40(34,37-4)38-5/h9-10,16H,6-8,11-15,17H2,1-5H3,(H2,26,32)(H,27,33). The summed E-state index contributed by atoms with van der Waals surface area (Å²) in [7, 11) is -3.11. The molecule has 1 aliphatic rings. The van der Waals surface area contributed by atoms with Gasteiger partial charge in [-0.25, -0.2) is 8.42 Å². The molecular formula is C25H39N6O8PS. The van der Waals surface area contributed by atoms with Gasteiger partial charge in [0.15, 0.2) is 0 Å². The van der Waals surface area contributed by atoms with Crippen molar-refractivity contribution in [2.24, 2.45) is 12.8 Å². The van der Waals surface area contributed by atoms with Crippen molar-refractivity contribution in [2.75, 3.05) is 58.6 Å². The summed E-state index contributed by atoms with van der Waals surface area (Å²) in [5.41, 5.74) is 6.25.